The zero-order valence-corrected chi connectivity index (χ0v) is 19.6. The molecule has 0 spiro atoms. The Morgan fingerprint density at radius 3 is 2.28 bits per heavy atom. The molecule has 1 N–H and O–H groups in total. The Bertz CT molecular complexity index is 1160. The fraction of sp³-hybridized carbons (Fsp3) is 0.500. The fourth-order valence-electron chi connectivity index (χ4n) is 4.20. The molecule has 3 heterocycles. The maximum Gasteiger partial charge on any atom is 0.256 e. The van der Waals surface area contributed by atoms with E-state index in [0.29, 0.717) is 24.6 Å². The van der Waals surface area contributed by atoms with E-state index in [1.165, 1.54) is 30.1 Å². The third kappa shape index (κ3) is 4.41. The van der Waals surface area contributed by atoms with Gasteiger partial charge < -0.3 is 10.0 Å². The molecule has 1 aromatic carbocycles. The van der Waals surface area contributed by atoms with Gasteiger partial charge in [0.2, 0.25) is 11.7 Å². The van der Waals surface area contributed by atoms with Crippen molar-refractivity contribution < 1.29 is 18.9 Å². The summed E-state index contributed by atoms with van der Waals surface area (Å²) in [5, 5.41) is 14.0. The number of benzene rings is 1. The summed E-state index contributed by atoms with van der Waals surface area (Å²) in [5.41, 5.74) is 0.459. The topological polar surface area (TPSA) is 105 Å². The largest absolute Gasteiger partial charge is 0.493 e. The van der Waals surface area contributed by atoms with Crippen LogP contribution in [-0.4, -0.2) is 60.3 Å². The molecule has 0 unspecified atom stereocenters. The normalized spacial score (nSPS) is 18.4. The summed E-state index contributed by atoms with van der Waals surface area (Å²) >= 11 is 6.66. The number of carbonyl (C=O) groups is 2. The second-order valence-electron chi connectivity index (χ2n) is 8.34. The van der Waals surface area contributed by atoms with Crippen LogP contribution in [0.4, 0.5) is 5.69 Å². The van der Waals surface area contributed by atoms with Crippen molar-refractivity contribution in [2.75, 3.05) is 24.6 Å². The molecule has 2 aromatic rings. The Kier molecular flexibility index (Phi) is 6.57. The third-order valence-corrected chi connectivity index (χ3v) is 8.82. The van der Waals surface area contributed by atoms with Crippen molar-refractivity contribution in [3.05, 3.63) is 40.0 Å². The highest BCUT2D eigenvalue weighted by atomic mass is 35.5. The van der Waals surface area contributed by atoms with Crippen LogP contribution in [0.3, 0.4) is 0 Å². The fourth-order valence-corrected chi connectivity index (χ4v) is 6.76. The first-order valence-corrected chi connectivity index (χ1v) is 13.1. The van der Waals surface area contributed by atoms with Gasteiger partial charge >= 0.3 is 0 Å². The second-order valence-corrected chi connectivity index (χ2v) is 11.3. The van der Waals surface area contributed by atoms with Crippen molar-refractivity contribution in [2.45, 2.75) is 38.5 Å². The zero-order valence-electron chi connectivity index (χ0n) is 18.1. The van der Waals surface area contributed by atoms with Crippen LogP contribution in [0, 0.1) is 0 Å². The Hall–Kier alpha value is -2.39. The van der Waals surface area contributed by atoms with E-state index in [1.807, 2.05) is 0 Å². The molecule has 4 rings (SSSR count). The molecule has 2 aliphatic rings. The molecule has 2 saturated heterocycles. The summed E-state index contributed by atoms with van der Waals surface area (Å²) in [6.45, 7) is 1.30. The average molecular weight is 479 g/mol. The summed E-state index contributed by atoms with van der Waals surface area (Å²) in [6, 6.07) is 3.01. The van der Waals surface area contributed by atoms with E-state index >= 15 is 0 Å². The molecule has 1 aromatic heterocycles. The number of carbonyl (C=O) groups excluding carboxylic acids is 2. The van der Waals surface area contributed by atoms with Gasteiger partial charge in [-0.2, -0.15) is 9.46 Å². The van der Waals surface area contributed by atoms with Crippen LogP contribution in [0.15, 0.2) is 22.7 Å². The monoisotopic (exact) mass is 478 g/mol. The van der Waals surface area contributed by atoms with Gasteiger partial charge in [-0.1, -0.05) is 18.0 Å². The van der Waals surface area contributed by atoms with E-state index in [9.17, 15) is 18.9 Å². The van der Waals surface area contributed by atoms with Crippen molar-refractivity contribution in [3.8, 4) is 5.88 Å². The van der Waals surface area contributed by atoms with Crippen molar-refractivity contribution in [1.29, 1.82) is 0 Å². The molecule has 2 fully saturated rings. The quantitative estimate of drug-likeness (QED) is 0.670. The standard InChI is InChI=1S/C22H27ClN4O4S/c1-26-21(29)17(14-24-26)20(28)15-8-9-16(22(30)27-10-4-2-5-11-27)19(18(15)23)25-32(31)12-6-3-7-13-32/h8-9,14,29H,2-7,10-13H2,1H3. The van der Waals surface area contributed by atoms with E-state index in [0.717, 1.165) is 38.5 Å². The predicted octanol–water partition coefficient (Wildman–Crippen LogP) is 3.92. The van der Waals surface area contributed by atoms with Gasteiger partial charge in [0.25, 0.3) is 5.91 Å². The lowest BCUT2D eigenvalue weighted by Gasteiger charge is -2.27. The van der Waals surface area contributed by atoms with Crippen LogP contribution in [0.25, 0.3) is 0 Å². The van der Waals surface area contributed by atoms with E-state index in [1.54, 1.807) is 4.90 Å². The van der Waals surface area contributed by atoms with Crippen LogP contribution >= 0.6 is 11.6 Å². The Balaban J connectivity index is 1.84. The predicted molar refractivity (Wildman–Crippen MR) is 123 cm³/mol. The number of hydrogen-bond donors (Lipinski definition) is 1. The highest BCUT2D eigenvalue weighted by Gasteiger charge is 2.28. The molecular weight excluding hydrogens is 452 g/mol. The van der Waals surface area contributed by atoms with Gasteiger partial charge in [-0.25, -0.2) is 8.89 Å². The van der Waals surface area contributed by atoms with Crippen molar-refractivity contribution >= 4 is 38.7 Å². The van der Waals surface area contributed by atoms with Gasteiger partial charge in [0, 0.05) is 37.2 Å². The number of nitrogens with zero attached hydrogens (tertiary/aromatic N) is 4. The van der Waals surface area contributed by atoms with Crippen LogP contribution in [0.1, 0.15) is 64.8 Å². The number of rotatable bonds is 4. The number of halogens is 1. The second kappa shape index (κ2) is 9.23. The minimum absolute atomic E-state index is 0.00249. The van der Waals surface area contributed by atoms with Crippen LogP contribution in [0.5, 0.6) is 5.88 Å². The van der Waals surface area contributed by atoms with E-state index in [-0.39, 0.29) is 39.2 Å². The number of ketones is 1. The first-order valence-electron chi connectivity index (χ1n) is 10.9. The molecule has 0 aliphatic carbocycles. The molecule has 2 aliphatic heterocycles. The highest BCUT2D eigenvalue weighted by Crippen LogP contribution is 2.37. The van der Waals surface area contributed by atoms with Crippen molar-refractivity contribution in [2.24, 2.45) is 11.4 Å². The first kappa shape index (κ1) is 22.8. The lowest BCUT2D eigenvalue weighted by molar-refractivity contribution is 0.0725. The number of aromatic nitrogens is 2. The SMILES string of the molecule is Cn1ncc(C(=O)c2ccc(C(=O)N3CCCCC3)c(N=S3(=O)CCCCC3)c2Cl)c1O. The Morgan fingerprint density at radius 2 is 1.66 bits per heavy atom. The van der Waals surface area contributed by atoms with Crippen LogP contribution in [-0.2, 0) is 16.8 Å². The van der Waals surface area contributed by atoms with Gasteiger partial charge in [0.15, 0.2) is 0 Å². The molecular formula is C22H27ClN4O4S. The van der Waals surface area contributed by atoms with Gasteiger partial charge in [0.1, 0.15) is 11.3 Å². The maximum atomic E-state index is 13.4. The Labute approximate surface area is 192 Å². The van der Waals surface area contributed by atoms with Crippen molar-refractivity contribution in [1.82, 2.24) is 14.7 Å². The summed E-state index contributed by atoms with van der Waals surface area (Å²) in [7, 11) is -1.05. The van der Waals surface area contributed by atoms with Crippen LogP contribution in [0.2, 0.25) is 5.02 Å². The average Bonchev–Trinajstić information content (AvgIpc) is 3.13. The number of amides is 1. The number of aromatic hydroxyl groups is 1. The smallest absolute Gasteiger partial charge is 0.256 e. The minimum atomic E-state index is -2.57. The number of aryl methyl sites for hydroxylation is 1. The van der Waals surface area contributed by atoms with Gasteiger partial charge in [0.05, 0.1) is 26.5 Å². The molecule has 0 bridgehead atoms. The highest BCUT2D eigenvalue weighted by molar-refractivity contribution is 7.93. The first-order chi connectivity index (χ1) is 15.3. The summed E-state index contributed by atoms with van der Waals surface area (Å²) in [6.07, 6.45) is 6.81. The lowest BCUT2D eigenvalue weighted by atomic mass is 10.0. The molecule has 172 valence electrons. The summed E-state index contributed by atoms with van der Waals surface area (Å²) < 4.78 is 19.1. The molecule has 8 nitrogen and oxygen atoms in total. The molecule has 0 radical (unpaired) electrons. The van der Waals surface area contributed by atoms with E-state index < -0.39 is 15.5 Å². The van der Waals surface area contributed by atoms with E-state index in [2.05, 4.69) is 9.46 Å². The zero-order chi connectivity index (χ0) is 22.9. The third-order valence-electron chi connectivity index (χ3n) is 6.07. The van der Waals surface area contributed by atoms with Crippen LogP contribution < -0.4 is 0 Å². The molecule has 1 amide bonds. The van der Waals surface area contributed by atoms with E-state index in [4.69, 9.17) is 11.6 Å². The summed E-state index contributed by atoms with van der Waals surface area (Å²) in [5.74, 6) is -0.138. The van der Waals surface area contributed by atoms with Gasteiger partial charge in [-0.3, -0.25) is 9.59 Å². The number of likely N-dealkylation sites (tertiary alicyclic amines) is 1. The lowest BCUT2D eigenvalue weighted by Crippen LogP contribution is -2.35. The maximum absolute atomic E-state index is 13.4. The Morgan fingerprint density at radius 1 is 1.03 bits per heavy atom. The van der Waals surface area contributed by atoms with Gasteiger partial charge in [-0.05, 0) is 44.2 Å². The number of hydrogen-bond acceptors (Lipinski definition) is 6. The molecule has 10 heteroatoms. The molecule has 32 heavy (non-hydrogen) atoms. The minimum Gasteiger partial charge on any atom is -0.493 e. The summed E-state index contributed by atoms with van der Waals surface area (Å²) in [4.78, 5) is 28.2. The van der Waals surface area contributed by atoms with Crippen molar-refractivity contribution in [3.63, 3.8) is 0 Å². The molecule has 0 saturated carbocycles. The number of piperidine rings is 1. The van der Waals surface area contributed by atoms with Gasteiger partial charge in [-0.15, -0.1) is 0 Å². The molecule has 0 atom stereocenters.